The molecule has 1 amide bonds. The van der Waals surface area contributed by atoms with Crippen molar-refractivity contribution in [3.05, 3.63) is 17.5 Å². The van der Waals surface area contributed by atoms with E-state index in [9.17, 15) is 4.79 Å². The third-order valence-corrected chi connectivity index (χ3v) is 2.92. The van der Waals surface area contributed by atoms with Gasteiger partial charge in [0.1, 0.15) is 5.69 Å². The quantitative estimate of drug-likeness (QED) is 0.761. The highest BCUT2D eigenvalue weighted by Gasteiger charge is 2.19. The lowest BCUT2D eigenvalue weighted by Crippen LogP contribution is -2.37. The van der Waals surface area contributed by atoms with Crippen LogP contribution >= 0.6 is 0 Å². The Hall–Kier alpha value is -1.36. The van der Waals surface area contributed by atoms with Crippen LogP contribution in [-0.2, 0) is 13.5 Å². The van der Waals surface area contributed by atoms with Crippen LogP contribution in [0.3, 0.4) is 0 Å². The Kier molecular flexibility index (Phi) is 3.24. The summed E-state index contributed by atoms with van der Waals surface area (Å²) in [5, 5.41) is 10.5. The second kappa shape index (κ2) is 4.65. The lowest BCUT2D eigenvalue weighted by Gasteiger charge is -2.10. The first-order valence-electron chi connectivity index (χ1n) is 5.75. The molecule has 1 aliphatic rings. The van der Waals surface area contributed by atoms with Gasteiger partial charge in [-0.05, 0) is 25.5 Å². The maximum absolute atomic E-state index is 12.0. The van der Waals surface area contributed by atoms with Gasteiger partial charge in [-0.15, -0.1) is 0 Å². The van der Waals surface area contributed by atoms with Gasteiger partial charge in [0.2, 0.25) is 0 Å². The van der Waals surface area contributed by atoms with Crippen molar-refractivity contribution in [2.45, 2.75) is 25.8 Å². The van der Waals surface area contributed by atoms with Crippen molar-refractivity contribution in [1.82, 2.24) is 20.4 Å². The Labute approximate surface area is 95.2 Å². The fourth-order valence-corrected chi connectivity index (χ4v) is 1.95. The van der Waals surface area contributed by atoms with E-state index < -0.39 is 0 Å². The first-order chi connectivity index (χ1) is 7.70. The number of hydrogen-bond acceptors (Lipinski definition) is 3. The van der Waals surface area contributed by atoms with Gasteiger partial charge < -0.3 is 10.6 Å². The van der Waals surface area contributed by atoms with E-state index in [1.807, 2.05) is 13.0 Å². The van der Waals surface area contributed by atoms with Crippen LogP contribution < -0.4 is 10.6 Å². The Balaban J connectivity index is 2.04. The van der Waals surface area contributed by atoms with Crippen LogP contribution in [0.1, 0.15) is 29.5 Å². The van der Waals surface area contributed by atoms with Crippen LogP contribution in [0.2, 0.25) is 0 Å². The van der Waals surface area contributed by atoms with Gasteiger partial charge in [0.05, 0.1) is 5.69 Å². The summed E-state index contributed by atoms with van der Waals surface area (Å²) in [5.74, 6) is -0.0246. The largest absolute Gasteiger partial charge is 0.347 e. The highest BCUT2D eigenvalue weighted by Crippen LogP contribution is 2.05. The molecule has 1 saturated heterocycles. The smallest absolute Gasteiger partial charge is 0.269 e. The van der Waals surface area contributed by atoms with Crippen molar-refractivity contribution >= 4 is 5.91 Å². The van der Waals surface area contributed by atoms with E-state index in [0.29, 0.717) is 5.69 Å². The molecule has 2 heterocycles. The first-order valence-corrected chi connectivity index (χ1v) is 5.75. The number of rotatable bonds is 3. The molecule has 1 aromatic rings. The van der Waals surface area contributed by atoms with Crippen LogP contribution in [0.25, 0.3) is 0 Å². The van der Waals surface area contributed by atoms with Crippen molar-refractivity contribution in [2.24, 2.45) is 7.05 Å². The molecule has 0 saturated carbocycles. The van der Waals surface area contributed by atoms with E-state index >= 15 is 0 Å². The summed E-state index contributed by atoms with van der Waals surface area (Å²) in [5.41, 5.74) is 1.60. The van der Waals surface area contributed by atoms with Gasteiger partial charge in [0.15, 0.2) is 0 Å². The fraction of sp³-hybridized carbons (Fsp3) is 0.636. The predicted molar refractivity (Wildman–Crippen MR) is 61.3 cm³/mol. The van der Waals surface area contributed by atoms with Gasteiger partial charge in [0.25, 0.3) is 5.91 Å². The van der Waals surface area contributed by atoms with Crippen LogP contribution in [0.5, 0.6) is 0 Å². The topological polar surface area (TPSA) is 59.0 Å². The summed E-state index contributed by atoms with van der Waals surface area (Å²) in [6.07, 6.45) is 1.86. The van der Waals surface area contributed by atoms with E-state index in [1.165, 1.54) is 0 Å². The Bertz CT molecular complexity index is 379. The molecule has 0 radical (unpaired) electrons. The normalized spacial score (nSPS) is 20.0. The monoisotopic (exact) mass is 222 g/mol. The Morgan fingerprint density at radius 1 is 1.75 bits per heavy atom. The lowest BCUT2D eigenvalue weighted by molar-refractivity contribution is 0.0930. The summed E-state index contributed by atoms with van der Waals surface area (Å²) >= 11 is 0. The average molecular weight is 222 g/mol. The van der Waals surface area contributed by atoms with Gasteiger partial charge >= 0.3 is 0 Å². The number of hydrogen-bond donors (Lipinski definition) is 2. The van der Waals surface area contributed by atoms with E-state index in [4.69, 9.17) is 0 Å². The maximum Gasteiger partial charge on any atom is 0.269 e. The van der Waals surface area contributed by atoms with Gasteiger partial charge in [-0.2, -0.15) is 5.10 Å². The molecule has 1 fully saturated rings. The molecule has 5 nitrogen and oxygen atoms in total. The minimum Gasteiger partial charge on any atom is -0.347 e. The van der Waals surface area contributed by atoms with E-state index in [1.54, 1.807) is 11.7 Å². The molecule has 2 rings (SSSR count). The molecule has 0 aromatic carbocycles. The Morgan fingerprint density at radius 2 is 2.56 bits per heavy atom. The molecule has 1 atom stereocenters. The average Bonchev–Trinajstić information content (AvgIpc) is 2.87. The zero-order valence-electron chi connectivity index (χ0n) is 9.79. The number of carbonyl (C=O) groups is 1. The molecule has 2 N–H and O–H groups in total. The fourth-order valence-electron chi connectivity index (χ4n) is 1.95. The third-order valence-electron chi connectivity index (χ3n) is 2.92. The Morgan fingerprint density at radius 3 is 3.12 bits per heavy atom. The van der Waals surface area contributed by atoms with Crippen molar-refractivity contribution in [3.8, 4) is 0 Å². The number of aryl methyl sites for hydroxylation is 2. The molecule has 1 unspecified atom stereocenters. The summed E-state index contributed by atoms with van der Waals surface area (Å²) in [7, 11) is 1.81. The molecule has 0 bridgehead atoms. The highest BCUT2D eigenvalue weighted by atomic mass is 16.2. The van der Waals surface area contributed by atoms with Gasteiger partial charge in [0, 0.05) is 19.6 Å². The number of amides is 1. The molecule has 88 valence electrons. The highest BCUT2D eigenvalue weighted by molar-refractivity contribution is 5.92. The van der Waals surface area contributed by atoms with Crippen LogP contribution in [-0.4, -0.2) is 34.8 Å². The summed E-state index contributed by atoms with van der Waals surface area (Å²) in [6, 6.07) is 2.12. The van der Waals surface area contributed by atoms with Crippen LogP contribution in [0.15, 0.2) is 6.07 Å². The van der Waals surface area contributed by atoms with Gasteiger partial charge in [-0.1, -0.05) is 6.92 Å². The molecular weight excluding hydrogens is 204 g/mol. The number of nitrogens with zero attached hydrogens (tertiary/aromatic N) is 2. The zero-order chi connectivity index (χ0) is 11.5. The first kappa shape index (κ1) is 11.1. The number of carbonyl (C=O) groups excluding carboxylic acids is 1. The van der Waals surface area contributed by atoms with E-state index in [2.05, 4.69) is 15.7 Å². The minimum absolute atomic E-state index is 0.0246. The van der Waals surface area contributed by atoms with Gasteiger partial charge in [-0.3, -0.25) is 9.48 Å². The summed E-state index contributed by atoms with van der Waals surface area (Å²) in [4.78, 5) is 12.0. The second-order valence-electron chi connectivity index (χ2n) is 4.16. The van der Waals surface area contributed by atoms with E-state index in [0.717, 1.165) is 31.6 Å². The zero-order valence-corrected chi connectivity index (χ0v) is 9.79. The molecule has 0 aliphatic carbocycles. The van der Waals surface area contributed by atoms with Crippen molar-refractivity contribution in [1.29, 1.82) is 0 Å². The molecule has 16 heavy (non-hydrogen) atoms. The van der Waals surface area contributed by atoms with Crippen LogP contribution in [0.4, 0.5) is 0 Å². The molecule has 1 aromatic heterocycles. The van der Waals surface area contributed by atoms with Crippen molar-refractivity contribution < 1.29 is 4.79 Å². The lowest BCUT2D eigenvalue weighted by atomic mass is 10.2. The second-order valence-corrected chi connectivity index (χ2v) is 4.16. The molecule has 0 spiro atoms. The minimum atomic E-state index is -0.0246. The standard InChI is InChI=1S/C11H18N4O/c1-3-8-6-10(15(2)14-8)11(16)13-9-4-5-12-7-9/h6,9,12H,3-5,7H2,1-2H3,(H,13,16). The number of aromatic nitrogens is 2. The SMILES string of the molecule is CCc1cc(C(=O)NC2CCNC2)n(C)n1. The van der Waals surface area contributed by atoms with Crippen LogP contribution in [0, 0.1) is 0 Å². The van der Waals surface area contributed by atoms with Crippen molar-refractivity contribution in [2.75, 3.05) is 13.1 Å². The van der Waals surface area contributed by atoms with E-state index in [-0.39, 0.29) is 11.9 Å². The predicted octanol–water partition coefficient (Wildman–Crippen LogP) is 0.0742. The maximum atomic E-state index is 12.0. The van der Waals surface area contributed by atoms with Crippen molar-refractivity contribution in [3.63, 3.8) is 0 Å². The number of nitrogens with one attached hydrogen (secondary N) is 2. The molecule has 5 heteroatoms. The van der Waals surface area contributed by atoms with Gasteiger partial charge in [-0.25, -0.2) is 0 Å². The third kappa shape index (κ3) is 2.24. The summed E-state index contributed by atoms with van der Waals surface area (Å²) in [6.45, 7) is 3.88. The summed E-state index contributed by atoms with van der Waals surface area (Å²) < 4.78 is 1.65. The molecular formula is C11H18N4O. The molecule has 1 aliphatic heterocycles.